The maximum Gasteiger partial charge on any atom is -0.0359 e. The smallest absolute Gasteiger partial charge is 0.0359 e. The maximum atomic E-state index is 2.30. The van der Waals surface area contributed by atoms with Crippen molar-refractivity contribution in [3.63, 3.8) is 0 Å². The van der Waals surface area contributed by atoms with Crippen LogP contribution >= 0.6 is 0 Å². The molecular formula is C16H38. The number of hydrogen-bond acceptors (Lipinski definition) is 0. The molecule has 0 aliphatic heterocycles. The monoisotopic (exact) mass is 230 g/mol. The molecule has 0 saturated carbocycles. The Morgan fingerprint density at radius 2 is 1.00 bits per heavy atom. The SMILES string of the molecule is CCC(C)(C)CC.CCC(C)C.CCCC. The van der Waals surface area contributed by atoms with Crippen molar-refractivity contribution in [2.45, 2.75) is 94.4 Å². The second-order valence-corrected chi connectivity index (χ2v) is 5.67. The maximum absolute atomic E-state index is 2.30. The van der Waals surface area contributed by atoms with Crippen LogP contribution in [-0.2, 0) is 0 Å². The van der Waals surface area contributed by atoms with Gasteiger partial charge >= 0.3 is 0 Å². The number of rotatable bonds is 4. The standard InChI is InChI=1S/C7H16.C5H12.C4H10/c1-5-7(3,4)6-2;1-4-5(2)3;1-3-4-2/h5-6H2,1-4H3;5H,4H2,1-3H3;3-4H2,1-2H3. The van der Waals surface area contributed by atoms with E-state index in [4.69, 9.17) is 0 Å². The van der Waals surface area contributed by atoms with E-state index in [1.807, 2.05) is 0 Å². The zero-order valence-corrected chi connectivity index (χ0v) is 13.6. The molecule has 0 heterocycles. The molecule has 0 fully saturated rings. The van der Waals surface area contributed by atoms with Gasteiger partial charge in [0, 0.05) is 0 Å². The van der Waals surface area contributed by atoms with E-state index < -0.39 is 0 Å². The summed E-state index contributed by atoms with van der Waals surface area (Å²) in [5, 5.41) is 0. The van der Waals surface area contributed by atoms with Crippen molar-refractivity contribution in [3.05, 3.63) is 0 Å². The third-order valence-electron chi connectivity index (χ3n) is 3.23. The molecule has 0 radical (unpaired) electrons. The van der Waals surface area contributed by atoms with E-state index >= 15 is 0 Å². The highest BCUT2D eigenvalue weighted by molar-refractivity contribution is 4.61. The zero-order valence-electron chi connectivity index (χ0n) is 13.6. The molecule has 0 aromatic carbocycles. The summed E-state index contributed by atoms with van der Waals surface area (Å²) >= 11 is 0. The first-order valence-corrected chi connectivity index (χ1v) is 7.31. The van der Waals surface area contributed by atoms with E-state index in [9.17, 15) is 0 Å². The van der Waals surface area contributed by atoms with Gasteiger partial charge in [0.15, 0.2) is 0 Å². The third kappa shape index (κ3) is 29.2. The van der Waals surface area contributed by atoms with Crippen LogP contribution in [0, 0.1) is 11.3 Å². The van der Waals surface area contributed by atoms with Crippen LogP contribution in [-0.4, -0.2) is 0 Å². The Kier molecular flexibility index (Phi) is 20.0. The molecule has 0 unspecified atom stereocenters. The normalized spacial score (nSPS) is 10.1. The van der Waals surface area contributed by atoms with Gasteiger partial charge in [0.25, 0.3) is 0 Å². The van der Waals surface area contributed by atoms with Gasteiger partial charge in [-0.05, 0) is 11.3 Å². The Morgan fingerprint density at radius 3 is 1.00 bits per heavy atom. The molecule has 0 bridgehead atoms. The molecule has 0 aromatic heterocycles. The van der Waals surface area contributed by atoms with Crippen LogP contribution in [0.15, 0.2) is 0 Å². The Bertz CT molecular complexity index is 92.6. The van der Waals surface area contributed by atoms with Gasteiger partial charge in [-0.25, -0.2) is 0 Å². The van der Waals surface area contributed by atoms with Crippen LogP contribution in [0.4, 0.5) is 0 Å². The van der Waals surface area contributed by atoms with Gasteiger partial charge in [-0.15, -0.1) is 0 Å². The van der Waals surface area contributed by atoms with Crippen molar-refractivity contribution < 1.29 is 0 Å². The first kappa shape index (κ1) is 21.3. The van der Waals surface area contributed by atoms with E-state index in [1.54, 1.807) is 0 Å². The summed E-state index contributed by atoms with van der Waals surface area (Å²) in [6.45, 7) is 20.1. The first-order valence-electron chi connectivity index (χ1n) is 7.31. The van der Waals surface area contributed by atoms with E-state index in [2.05, 4.69) is 62.3 Å². The second kappa shape index (κ2) is 15.0. The number of unbranched alkanes of at least 4 members (excludes halogenated alkanes) is 1. The molecule has 0 nitrogen and oxygen atoms in total. The zero-order chi connectivity index (χ0) is 13.6. The Balaban J connectivity index is -0.000000166. The molecule has 102 valence electrons. The van der Waals surface area contributed by atoms with Gasteiger partial charge in [-0.3, -0.25) is 0 Å². The highest BCUT2D eigenvalue weighted by Crippen LogP contribution is 2.22. The quantitative estimate of drug-likeness (QED) is 0.504. The van der Waals surface area contributed by atoms with Crippen LogP contribution in [0.25, 0.3) is 0 Å². The lowest BCUT2D eigenvalue weighted by atomic mass is 9.88. The van der Waals surface area contributed by atoms with Crippen LogP contribution in [0.1, 0.15) is 94.4 Å². The van der Waals surface area contributed by atoms with Gasteiger partial charge in [0.2, 0.25) is 0 Å². The predicted molar refractivity (Wildman–Crippen MR) is 80.1 cm³/mol. The summed E-state index contributed by atoms with van der Waals surface area (Å²) in [6.07, 6.45) is 6.53. The van der Waals surface area contributed by atoms with Crippen LogP contribution in [0.2, 0.25) is 0 Å². The summed E-state index contributed by atoms with van der Waals surface area (Å²) in [7, 11) is 0. The average molecular weight is 230 g/mol. The topological polar surface area (TPSA) is 0 Å². The molecule has 0 saturated heterocycles. The fourth-order valence-electron chi connectivity index (χ4n) is 0.250. The molecule has 16 heavy (non-hydrogen) atoms. The first-order chi connectivity index (χ1) is 7.31. The molecule has 0 aliphatic rings. The van der Waals surface area contributed by atoms with Crippen molar-refractivity contribution in [2.75, 3.05) is 0 Å². The lowest BCUT2D eigenvalue weighted by molar-refractivity contribution is 0.338. The molecule has 0 atom stereocenters. The molecule has 0 rings (SSSR count). The number of hydrogen-bond donors (Lipinski definition) is 0. The lowest BCUT2D eigenvalue weighted by Crippen LogP contribution is -2.05. The Hall–Kier alpha value is 0. The molecular weight excluding hydrogens is 192 g/mol. The summed E-state index contributed by atoms with van der Waals surface area (Å²) in [5.41, 5.74) is 0.583. The van der Waals surface area contributed by atoms with Gasteiger partial charge in [0.1, 0.15) is 0 Å². The molecule has 0 aromatic rings. The van der Waals surface area contributed by atoms with Crippen molar-refractivity contribution in [1.82, 2.24) is 0 Å². The van der Waals surface area contributed by atoms with Gasteiger partial charge in [0.05, 0.1) is 0 Å². The second-order valence-electron chi connectivity index (χ2n) is 5.67. The summed E-state index contributed by atoms with van der Waals surface area (Å²) in [4.78, 5) is 0. The highest BCUT2D eigenvalue weighted by atomic mass is 14.1. The summed E-state index contributed by atoms with van der Waals surface area (Å²) in [5.74, 6) is 0.884. The van der Waals surface area contributed by atoms with Crippen molar-refractivity contribution in [1.29, 1.82) is 0 Å². The van der Waals surface area contributed by atoms with Crippen molar-refractivity contribution >= 4 is 0 Å². The molecule has 0 spiro atoms. The molecule has 0 N–H and O–H groups in total. The predicted octanol–water partition coefficient (Wildman–Crippen LogP) is 6.69. The minimum absolute atomic E-state index is 0.583. The minimum atomic E-state index is 0.583. The Morgan fingerprint density at radius 1 is 0.750 bits per heavy atom. The van der Waals surface area contributed by atoms with Crippen molar-refractivity contribution in [2.24, 2.45) is 11.3 Å². The van der Waals surface area contributed by atoms with E-state index in [0.717, 1.165) is 5.92 Å². The van der Waals surface area contributed by atoms with E-state index in [0.29, 0.717) is 5.41 Å². The third-order valence-corrected chi connectivity index (χ3v) is 3.23. The van der Waals surface area contributed by atoms with Crippen LogP contribution < -0.4 is 0 Å². The molecule has 0 amide bonds. The summed E-state index contributed by atoms with van der Waals surface area (Å²) < 4.78 is 0. The molecule has 0 aliphatic carbocycles. The van der Waals surface area contributed by atoms with Crippen LogP contribution in [0.5, 0.6) is 0 Å². The lowest BCUT2D eigenvalue weighted by Gasteiger charge is -2.18. The van der Waals surface area contributed by atoms with Gasteiger partial charge in [-0.1, -0.05) is 94.4 Å². The summed E-state index contributed by atoms with van der Waals surface area (Å²) in [6, 6.07) is 0. The fourth-order valence-corrected chi connectivity index (χ4v) is 0.250. The Labute approximate surface area is 106 Å². The largest absolute Gasteiger partial charge is 0.0654 e. The highest BCUT2D eigenvalue weighted by Gasteiger charge is 2.09. The van der Waals surface area contributed by atoms with E-state index in [1.165, 1.54) is 32.1 Å². The van der Waals surface area contributed by atoms with E-state index in [-0.39, 0.29) is 0 Å². The van der Waals surface area contributed by atoms with Gasteiger partial charge in [-0.2, -0.15) is 0 Å². The van der Waals surface area contributed by atoms with Crippen molar-refractivity contribution in [3.8, 4) is 0 Å². The average Bonchev–Trinajstić information content (AvgIpc) is 2.30. The van der Waals surface area contributed by atoms with Crippen LogP contribution in [0.3, 0.4) is 0 Å². The fraction of sp³-hybridized carbons (Fsp3) is 1.00. The van der Waals surface area contributed by atoms with Gasteiger partial charge < -0.3 is 0 Å². The molecule has 0 heteroatoms. The minimum Gasteiger partial charge on any atom is -0.0654 e.